The molecule has 0 saturated heterocycles. The summed E-state index contributed by atoms with van der Waals surface area (Å²) >= 11 is 0. The molecule has 15 nitrogen and oxygen atoms in total. The Hall–Kier alpha value is -0.910. The smallest absolute Gasteiger partial charge is 0.394 e. The molecule has 6 atom stereocenters. The van der Waals surface area contributed by atoms with E-state index in [0.717, 1.165) is 0 Å². The molecule has 0 aliphatic carbocycles. The predicted octanol–water partition coefficient (Wildman–Crippen LogP) is -6.64. The fourth-order valence-electron chi connectivity index (χ4n) is 1.34. The first-order valence-electron chi connectivity index (χ1n) is 7.39. The zero-order chi connectivity index (χ0) is 22.7. The lowest BCUT2D eigenvalue weighted by atomic mass is 10.1. The van der Waals surface area contributed by atoms with Gasteiger partial charge in [0, 0.05) is 0 Å². The first-order valence-corrected chi connectivity index (χ1v) is 8.92. The summed E-state index contributed by atoms with van der Waals surface area (Å²) in [6.07, 6.45) is -11.0. The highest BCUT2D eigenvalue weighted by atomic mass is 31.2. The van der Waals surface area contributed by atoms with Crippen LogP contribution in [0.3, 0.4) is 0 Å². The summed E-state index contributed by atoms with van der Waals surface area (Å²) in [5.41, 5.74) is 0. The largest absolute Gasteiger partial charge is 0.470 e. The molecule has 0 spiro atoms. The van der Waals surface area contributed by atoms with E-state index >= 15 is 0 Å². The van der Waals surface area contributed by atoms with Crippen LogP contribution < -0.4 is 0 Å². The first-order chi connectivity index (χ1) is 12.7. The van der Waals surface area contributed by atoms with Crippen LogP contribution in [0.15, 0.2) is 0 Å². The van der Waals surface area contributed by atoms with Gasteiger partial charge in [-0.3, -0.25) is 14.1 Å². The van der Waals surface area contributed by atoms with Crippen molar-refractivity contribution in [2.24, 2.45) is 0 Å². The lowest BCUT2D eigenvalue weighted by molar-refractivity contribution is -0.143. The van der Waals surface area contributed by atoms with E-state index in [9.17, 15) is 14.2 Å². The molecule has 0 rings (SSSR count). The van der Waals surface area contributed by atoms with Gasteiger partial charge in [-0.15, -0.1) is 0 Å². The van der Waals surface area contributed by atoms with Gasteiger partial charge in [0.05, 0.1) is 13.2 Å². The van der Waals surface area contributed by atoms with Crippen molar-refractivity contribution in [2.45, 2.75) is 36.6 Å². The Morgan fingerprint density at radius 2 is 1.11 bits per heavy atom. The number of Topliss-reactive ketones (excluding diaryl/α,β-unsaturated/α-hetero) is 2. The van der Waals surface area contributed by atoms with Crippen molar-refractivity contribution < 1.29 is 74.4 Å². The average Bonchev–Trinajstić information content (AvgIpc) is 2.67. The van der Waals surface area contributed by atoms with Crippen LogP contribution in [0.2, 0.25) is 0 Å². The highest BCUT2D eigenvalue weighted by Crippen LogP contribution is 2.35. The first kappa shape index (κ1) is 29.3. The van der Waals surface area contributed by atoms with Crippen molar-refractivity contribution in [3.8, 4) is 0 Å². The summed E-state index contributed by atoms with van der Waals surface area (Å²) in [6.45, 7) is -3.70. The van der Waals surface area contributed by atoms with Crippen LogP contribution in [-0.2, 0) is 18.7 Å². The highest BCUT2D eigenvalue weighted by Gasteiger charge is 2.31. The van der Waals surface area contributed by atoms with Crippen molar-refractivity contribution in [2.75, 3.05) is 26.4 Å². The van der Waals surface area contributed by atoms with Crippen molar-refractivity contribution in [3.05, 3.63) is 0 Å². The number of carbonyl (C=O) groups excluding carboxylic acids is 2. The van der Waals surface area contributed by atoms with E-state index in [-0.39, 0.29) is 0 Å². The van der Waals surface area contributed by atoms with Gasteiger partial charge in [-0.2, -0.15) is 0 Å². The molecule has 0 aromatic carbocycles. The average molecular weight is 440 g/mol. The summed E-state index contributed by atoms with van der Waals surface area (Å²) < 4.78 is 14.0. The van der Waals surface area contributed by atoms with E-state index in [1.807, 2.05) is 0 Å². The SMILES string of the molecule is O=C(CO)C(O)C(O)C(O)CO.O=C(COP(=O)(O)O)C(O)C(O)C(O)CO. The quantitative estimate of drug-likeness (QED) is 0.126. The number of phosphoric acid groups is 1. The molecule has 0 aliphatic heterocycles. The molecule has 6 unspecified atom stereocenters. The normalized spacial score (nSPS) is 18.1. The highest BCUT2D eigenvalue weighted by molar-refractivity contribution is 7.46. The van der Waals surface area contributed by atoms with Crippen LogP contribution in [-0.4, -0.2) is 130 Å². The van der Waals surface area contributed by atoms with Crippen LogP contribution in [0.25, 0.3) is 0 Å². The second-order valence-corrected chi connectivity index (χ2v) is 6.46. The minimum Gasteiger partial charge on any atom is -0.394 e. The number of rotatable bonds is 12. The second-order valence-electron chi connectivity index (χ2n) is 5.23. The maximum atomic E-state index is 11.0. The Balaban J connectivity index is 0. The summed E-state index contributed by atoms with van der Waals surface area (Å²) in [5, 5.41) is 78.5. The van der Waals surface area contributed by atoms with Crippen molar-refractivity contribution in [1.29, 1.82) is 0 Å². The fourth-order valence-corrected chi connectivity index (χ4v) is 1.64. The van der Waals surface area contributed by atoms with E-state index in [1.165, 1.54) is 0 Å². The summed E-state index contributed by atoms with van der Waals surface area (Å²) in [4.78, 5) is 38.0. The zero-order valence-corrected chi connectivity index (χ0v) is 15.2. The maximum absolute atomic E-state index is 11.0. The number of aliphatic hydroxyl groups excluding tert-OH is 9. The Bertz CT molecular complexity index is 507. The monoisotopic (exact) mass is 440 g/mol. The van der Waals surface area contributed by atoms with Gasteiger partial charge >= 0.3 is 7.82 Å². The Labute approximate surface area is 157 Å². The Morgan fingerprint density at radius 1 is 0.750 bits per heavy atom. The zero-order valence-electron chi connectivity index (χ0n) is 14.3. The molecule has 0 heterocycles. The maximum Gasteiger partial charge on any atom is 0.470 e. The molecule has 0 amide bonds. The molecule has 0 saturated carbocycles. The minimum atomic E-state index is -4.85. The molecule has 0 aromatic heterocycles. The van der Waals surface area contributed by atoms with Crippen LogP contribution in [0.4, 0.5) is 0 Å². The molecule has 0 aliphatic rings. The second kappa shape index (κ2) is 14.1. The lowest BCUT2D eigenvalue weighted by Crippen LogP contribution is -2.45. The molecule has 0 bridgehead atoms. The number of aliphatic hydroxyl groups is 9. The molecule has 16 heteroatoms. The van der Waals surface area contributed by atoms with Crippen molar-refractivity contribution in [1.82, 2.24) is 0 Å². The van der Waals surface area contributed by atoms with Gasteiger partial charge in [0.1, 0.15) is 49.8 Å². The van der Waals surface area contributed by atoms with Crippen molar-refractivity contribution >= 4 is 19.4 Å². The number of carbonyl (C=O) groups is 2. The van der Waals surface area contributed by atoms with Gasteiger partial charge in [0.25, 0.3) is 0 Å². The number of ketones is 2. The molecule has 0 fully saturated rings. The van der Waals surface area contributed by atoms with Gasteiger partial charge in [-0.05, 0) is 0 Å². The van der Waals surface area contributed by atoms with Gasteiger partial charge in [-0.1, -0.05) is 0 Å². The van der Waals surface area contributed by atoms with E-state index in [0.29, 0.717) is 0 Å². The third-order valence-electron chi connectivity index (χ3n) is 3.00. The molecular weight excluding hydrogens is 415 g/mol. The van der Waals surface area contributed by atoms with Crippen LogP contribution >= 0.6 is 7.82 Å². The van der Waals surface area contributed by atoms with Crippen molar-refractivity contribution in [3.63, 3.8) is 0 Å². The topological polar surface area (TPSA) is 283 Å². The standard InChI is InChI=1S/C6H13O9P.C6H12O6/c7-1-3(8)5(10)6(11)4(9)2-15-16(12,13)14;7-1-3(9)5(11)6(12)4(10)2-8/h3,5-8,10-11H,1-2H2,(H2,12,13,14);3,5-9,11-12H,1-2H2. The van der Waals surface area contributed by atoms with Crippen LogP contribution in [0, 0.1) is 0 Å². The third kappa shape index (κ3) is 11.8. The number of phosphoric ester groups is 1. The van der Waals surface area contributed by atoms with Gasteiger partial charge in [-0.25, -0.2) is 4.57 Å². The Morgan fingerprint density at radius 3 is 1.39 bits per heavy atom. The molecule has 28 heavy (non-hydrogen) atoms. The van der Waals surface area contributed by atoms with Gasteiger partial charge < -0.3 is 55.7 Å². The van der Waals surface area contributed by atoms with Gasteiger partial charge in [0.15, 0.2) is 11.6 Å². The molecule has 168 valence electrons. The fraction of sp³-hybridized carbons (Fsp3) is 0.833. The molecule has 11 N–H and O–H groups in total. The lowest BCUT2D eigenvalue weighted by Gasteiger charge is -2.20. The molecule has 0 radical (unpaired) electrons. The summed E-state index contributed by atoms with van der Waals surface area (Å²) in [6, 6.07) is 0. The Kier molecular flexibility index (Phi) is 14.8. The summed E-state index contributed by atoms with van der Waals surface area (Å²) in [5.74, 6) is -2.24. The summed E-state index contributed by atoms with van der Waals surface area (Å²) in [7, 11) is -4.85. The van der Waals surface area contributed by atoms with E-state index in [4.69, 9.17) is 55.7 Å². The van der Waals surface area contributed by atoms with Gasteiger partial charge in [0.2, 0.25) is 0 Å². The minimum absolute atomic E-state index is 0.767. The van der Waals surface area contributed by atoms with E-state index in [2.05, 4.69) is 4.52 Å². The van der Waals surface area contributed by atoms with Crippen LogP contribution in [0.1, 0.15) is 0 Å². The van der Waals surface area contributed by atoms with Crippen LogP contribution in [0.5, 0.6) is 0 Å². The molecular formula is C12H25O15P. The van der Waals surface area contributed by atoms with E-state index in [1.54, 1.807) is 0 Å². The predicted molar refractivity (Wildman–Crippen MR) is 85.3 cm³/mol. The van der Waals surface area contributed by atoms with E-state index < -0.39 is 82.4 Å². The number of hydrogen-bond acceptors (Lipinski definition) is 13. The third-order valence-corrected chi connectivity index (χ3v) is 3.47. The molecule has 0 aromatic rings. The number of hydrogen-bond donors (Lipinski definition) is 11.